The SMILES string of the molecule is CON=C1C[C@@H](C)O[C@@H](O[C@@H]2[C@@H](C)[C@H](O[C@H]3CC(C)N(CC(C)(C)C)C[C@H](C)O3)[C@@H](C)C(=O)O[C@H](C(C)CO[C@@H]3O[C@H](C)[C@@H](O)[C@@H](OC)[C@H]3OC)[C@H](C)[C@@H](OC(=O)CC(C)C)[C@@H](C)C(=O)[C@@](C)(OC(=O)NC(C)(C)CNS(=O)(=O)c3ccccc3)C[C@@H]2C)[C@@H]1O. The van der Waals surface area contributed by atoms with Crippen molar-refractivity contribution in [3.05, 3.63) is 30.3 Å². The molecule has 4 aliphatic heterocycles. The van der Waals surface area contributed by atoms with Crippen LogP contribution in [0.4, 0.5) is 4.79 Å². The molecule has 0 spiro atoms. The monoisotopic (exact) mass is 1300 g/mol. The number of aliphatic hydroxyl groups is 2. The van der Waals surface area contributed by atoms with Gasteiger partial charge >= 0.3 is 18.0 Å². The average Bonchev–Trinajstić information content (AvgIpc) is 0.859. The van der Waals surface area contributed by atoms with E-state index in [9.17, 15) is 28.2 Å². The molecule has 4 heterocycles. The number of Topliss-reactive ketones (excluding diaryl/α,β-unsaturated/α-hetero) is 1. The van der Waals surface area contributed by atoms with E-state index in [2.05, 4.69) is 47.8 Å². The quantitative estimate of drug-likeness (QED) is 0.0538. The van der Waals surface area contributed by atoms with Gasteiger partial charge in [0.05, 0.1) is 65.1 Å². The van der Waals surface area contributed by atoms with Crippen molar-refractivity contribution in [2.24, 2.45) is 52.0 Å². The van der Waals surface area contributed by atoms with Crippen molar-refractivity contribution in [1.82, 2.24) is 14.9 Å². The average molecular weight is 1300 g/mol. The third kappa shape index (κ3) is 20.8. The van der Waals surface area contributed by atoms with Gasteiger partial charge in [0.1, 0.15) is 43.7 Å². The molecule has 1 amide bonds. The van der Waals surface area contributed by atoms with E-state index in [0.717, 1.165) is 6.54 Å². The van der Waals surface area contributed by atoms with Crippen LogP contribution in [0.1, 0.15) is 150 Å². The minimum atomic E-state index is -4.04. The highest BCUT2D eigenvalue weighted by molar-refractivity contribution is 7.89. The van der Waals surface area contributed by atoms with Crippen LogP contribution in [0.15, 0.2) is 40.4 Å². The number of hydrogen-bond donors (Lipinski definition) is 4. The number of methoxy groups -OCH3 is 2. The molecule has 90 heavy (non-hydrogen) atoms. The lowest BCUT2D eigenvalue weighted by molar-refractivity contribution is -0.305. The first-order valence-corrected chi connectivity index (χ1v) is 33.5. The van der Waals surface area contributed by atoms with Crippen molar-refractivity contribution in [2.45, 2.75) is 258 Å². The van der Waals surface area contributed by atoms with E-state index in [1.165, 1.54) is 40.4 Å². The molecule has 25 heteroatoms. The van der Waals surface area contributed by atoms with Crippen molar-refractivity contribution in [2.75, 3.05) is 47.6 Å². The summed E-state index contributed by atoms with van der Waals surface area (Å²) in [6.07, 6.45) is -14.8. The number of oxime groups is 1. The number of aliphatic hydroxyl groups excluding tert-OH is 2. The number of hydrogen-bond acceptors (Lipinski definition) is 22. The van der Waals surface area contributed by atoms with E-state index >= 15 is 9.59 Å². The standard InChI is InChI=1S/C65H110N4O20S/c1-35(2)27-48(70)85-54-42(9)53(37(4)32-81-61-57(79-20)56(78-19)50(71)45(12)84-61)87-59(74)44(11)55(86-49-28-38(5)69(31-40(7)82-49)34-63(13,14)15)41(8)52(88-60-51(72)47(68-80-21)29-39(6)83-60)36(3)30-65(18,58(73)43(54)10)89-62(75)67-64(16,17)33-66-90(76,77)46-25-23-22-24-26-46/h22-26,35-45,49-57,60-61,66,71-72H,27-34H2,1-21H3,(H,67,75)/t36-,37?,38?,39+,40-,41+,42-,43+,44+,45+,49-,50+,51+,52-,53+,54+,55-,56+,57+,60-,61+,65-/m0/s1. The Morgan fingerprint density at radius 3 is 2.06 bits per heavy atom. The van der Waals surface area contributed by atoms with E-state index in [4.69, 9.17) is 56.9 Å². The topological polar surface area (TPSA) is 293 Å². The molecule has 4 aliphatic rings. The van der Waals surface area contributed by atoms with Gasteiger partial charge in [-0.3, -0.25) is 19.3 Å². The molecule has 2 unspecified atom stereocenters. The van der Waals surface area contributed by atoms with Crippen molar-refractivity contribution in [3.63, 3.8) is 0 Å². The molecule has 4 fully saturated rings. The van der Waals surface area contributed by atoms with Gasteiger partial charge in [0.2, 0.25) is 10.0 Å². The third-order valence-corrected chi connectivity index (χ3v) is 19.0. The number of alkyl carbamates (subject to hydrolysis) is 1. The van der Waals surface area contributed by atoms with Crippen LogP contribution < -0.4 is 10.0 Å². The second-order valence-corrected chi connectivity index (χ2v) is 30.1. The van der Waals surface area contributed by atoms with Crippen LogP contribution in [0.5, 0.6) is 0 Å². The minimum absolute atomic E-state index is 0.0130. The minimum Gasteiger partial charge on any atom is -0.461 e. The Morgan fingerprint density at radius 2 is 1.46 bits per heavy atom. The summed E-state index contributed by atoms with van der Waals surface area (Å²) in [7, 11) is 0.209. The summed E-state index contributed by atoms with van der Waals surface area (Å²) < 4.78 is 101. The normalized spacial score (nSPS) is 36.7. The molecule has 0 aromatic heterocycles. The number of cyclic esters (lactones) is 1. The van der Waals surface area contributed by atoms with Gasteiger partial charge in [-0.05, 0) is 91.2 Å². The Labute approximate surface area is 535 Å². The molecule has 1 aromatic rings. The summed E-state index contributed by atoms with van der Waals surface area (Å²) in [5.74, 6) is -8.14. The van der Waals surface area contributed by atoms with E-state index < -0.39 is 160 Å². The van der Waals surface area contributed by atoms with Crippen LogP contribution in [0, 0.1) is 46.8 Å². The first kappa shape index (κ1) is 76.7. The van der Waals surface area contributed by atoms with E-state index in [0.29, 0.717) is 13.0 Å². The molecule has 0 aliphatic carbocycles. The molecule has 22 atom stereocenters. The zero-order valence-corrected chi connectivity index (χ0v) is 58.1. The van der Waals surface area contributed by atoms with Gasteiger partial charge in [-0.25, -0.2) is 17.9 Å². The number of ether oxygens (including phenoxy) is 11. The molecule has 4 saturated heterocycles. The Morgan fingerprint density at radius 1 is 0.811 bits per heavy atom. The predicted molar refractivity (Wildman–Crippen MR) is 334 cm³/mol. The van der Waals surface area contributed by atoms with E-state index in [-0.39, 0.29) is 66.5 Å². The lowest BCUT2D eigenvalue weighted by Crippen LogP contribution is -2.59. The molecule has 4 N–H and O–H groups in total. The number of sulfonamides is 1. The van der Waals surface area contributed by atoms with Crippen LogP contribution in [0.2, 0.25) is 0 Å². The molecule has 5 rings (SSSR count). The van der Waals surface area contributed by atoms with Gasteiger partial charge in [0.15, 0.2) is 30.3 Å². The fourth-order valence-corrected chi connectivity index (χ4v) is 14.2. The lowest BCUT2D eigenvalue weighted by atomic mass is 9.74. The summed E-state index contributed by atoms with van der Waals surface area (Å²) in [6.45, 7) is 33.7. The van der Waals surface area contributed by atoms with Gasteiger partial charge in [0, 0.05) is 76.9 Å². The fraction of sp³-hybridized carbons (Fsp3) is 0.831. The first-order chi connectivity index (χ1) is 41.9. The van der Waals surface area contributed by atoms with Crippen LogP contribution in [-0.2, 0) is 81.3 Å². The van der Waals surface area contributed by atoms with Gasteiger partial charge in [0.25, 0.3) is 0 Å². The van der Waals surface area contributed by atoms with Crippen LogP contribution in [0.3, 0.4) is 0 Å². The molecule has 0 bridgehead atoms. The molecule has 24 nitrogen and oxygen atoms in total. The van der Waals surface area contributed by atoms with E-state index in [1.807, 2.05) is 27.7 Å². The smallest absolute Gasteiger partial charge is 0.408 e. The number of carbonyl (C=O) groups is 4. The van der Waals surface area contributed by atoms with Gasteiger partial charge in [-0.15, -0.1) is 0 Å². The van der Waals surface area contributed by atoms with Gasteiger partial charge < -0.3 is 72.5 Å². The van der Waals surface area contributed by atoms with Crippen molar-refractivity contribution >= 4 is 39.6 Å². The summed E-state index contributed by atoms with van der Waals surface area (Å²) in [6, 6.07) is 7.70. The second kappa shape index (κ2) is 32.9. The number of amides is 1. The number of carbonyl (C=O) groups excluding carboxylic acids is 4. The lowest BCUT2D eigenvalue weighted by Gasteiger charge is -2.45. The molecular formula is C65H110N4O20S. The first-order valence-electron chi connectivity index (χ1n) is 32.0. The summed E-state index contributed by atoms with van der Waals surface area (Å²) >= 11 is 0. The number of ketones is 1. The highest BCUT2D eigenvalue weighted by Gasteiger charge is 2.53. The maximum atomic E-state index is 16.1. The van der Waals surface area contributed by atoms with Crippen LogP contribution in [-0.4, -0.2) is 204 Å². The van der Waals surface area contributed by atoms with E-state index in [1.54, 1.807) is 80.5 Å². The van der Waals surface area contributed by atoms with Crippen molar-refractivity contribution in [1.29, 1.82) is 0 Å². The molecule has 0 radical (unpaired) electrons. The zero-order chi connectivity index (χ0) is 67.5. The molecule has 0 saturated carbocycles. The highest BCUT2D eigenvalue weighted by atomic mass is 32.2. The highest BCUT2D eigenvalue weighted by Crippen LogP contribution is 2.41. The Bertz CT molecular complexity index is 2610. The molecule has 516 valence electrons. The van der Waals surface area contributed by atoms with Crippen molar-refractivity contribution in [3.8, 4) is 0 Å². The molecular weight excluding hydrogens is 1190 g/mol. The van der Waals surface area contributed by atoms with Crippen LogP contribution in [0.25, 0.3) is 0 Å². The Kier molecular flexibility index (Phi) is 28.1. The predicted octanol–water partition coefficient (Wildman–Crippen LogP) is 7.18. The molecule has 1 aromatic carbocycles. The fourth-order valence-electron chi connectivity index (χ4n) is 13.0. The number of nitrogens with zero attached hydrogens (tertiary/aromatic N) is 2. The van der Waals surface area contributed by atoms with Gasteiger partial charge in [-0.2, -0.15) is 0 Å². The zero-order valence-electron chi connectivity index (χ0n) is 57.3. The maximum Gasteiger partial charge on any atom is 0.408 e. The second-order valence-electron chi connectivity index (χ2n) is 28.4. The maximum absolute atomic E-state index is 16.1. The number of benzene rings is 1. The summed E-state index contributed by atoms with van der Waals surface area (Å²) in [4.78, 5) is 68.2. The van der Waals surface area contributed by atoms with Gasteiger partial charge in [-0.1, -0.05) is 92.6 Å². The largest absolute Gasteiger partial charge is 0.461 e. The van der Waals surface area contributed by atoms with Crippen molar-refractivity contribution < 1.29 is 94.8 Å². The number of esters is 2. The Hall–Kier alpha value is -3.96. The Balaban J connectivity index is 1.72. The van der Waals surface area contributed by atoms with Crippen LogP contribution >= 0.6 is 0 Å². The summed E-state index contributed by atoms with van der Waals surface area (Å²) in [5, 5.41) is 29.9. The summed E-state index contributed by atoms with van der Waals surface area (Å²) in [5.41, 5.74) is -3.25. The number of rotatable bonds is 21. The third-order valence-electron chi connectivity index (χ3n) is 17.6. The number of nitrogens with one attached hydrogen (secondary N) is 2.